The Morgan fingerprint density at radius 3 is 2.17 bits per heavy atom. The molecule has 1 aliphatic carbocycles. The van der Waals surface area contributed by atoms with Crippen molar-refractivity contribution < 1.29 is 0 Å². The first-order valence-electron chi connectivity index (χ1n) is 13.0. The molecule has 1 aliphatic rings. The van der Waals surface area contributed by atoms with Crippen LogP contribution in [0.2, 0.25) is 0 Å². The van der Waals surface area contributed by atoms with Crippen molar-refractivity contribution in [1.82, 2.24) is 14.9 Å². The molecule has 0 bridgehead atoms. The average molecular weight is 500 g/mol. The summed E-state index contributed by atoms with van der Waals surface area (Å²) in [5, 5.41) is 1.49. The lowest BCUT2D eigenvalue weighted by Gasteiger charge is -2.44. The topological polar surface area (TPSA) is 29.0 Å². The van der Waals surface area contributed by atoms with E-state index >= 15 is 0 Å². The van der Waals surface area contributed by atoms with Crippen LogP contribution in [0.15, 0.2) is 97.4 Å². The molecule has 190 valence electrons. The van der Waals surface area contributed by atoms with Crippen molar-refractivity contribution >= 4 is 23.4 Å². The highest BCUT2D eigenvalue weighted by molar-refractivity contribution is 7.99. The van der Waals surface area contributed by atoms with E-state index in [4.69, 9.17) is 0 Å². The van der Waals surface area contributed by atoms with Crippen molar-refractivity contribution in [2.45, 2.75) is 55.5 Å². The molecule has 36 heavy (non-hydrogen) atoms. The highest BCUT2D eigenvalue weighted by Gasteiger charge is 2.38. The summed E-state index contributed by atoms with van der Waals surface area (Å²) < 4.78 is 0. The van der Waals surface area contributed by atoms with Gasteiger partial charge < -0.3 is 4.90 Å². The fourth-order valence-electron chi connectivity index (χ4n) is 5.13. The highest BCUT2D eigenvalue weighted by atomic mass is 32.2. The smallest absolute Gasteiger partial charge is 0.187 e. The van der Waals surface area contributed by atoms with Crippen LogP contribution >= 0.6 is 11.8 Å². The molecule has 1 fully saturated rings. The van der Waals surface area contributed by atoms with Crippen LogP contribution < -0.4 is 0 Å². The maximum Gasteiger partial charge on any atom is 0.187 e. The summed E-state index contributed by atoms with van der Waals surface area (Å²) in [5.41, 5.74) is 3.71. The van der Waals surface area contributed by atoms with E-state index in [0.717, 1.165) is 17.5 Å². The monoisotopic (exact) mass is 499 g/mol. The van der Waals surface area contributed by atoms with Crippen molar-refractivity contribution in [3.8, 4) is 0 Å². The summed E-state index contributed by atoms with van der Waals surface area (Å²) in [7, 11) is 4.47. The summed E-state index contributed by atoms with van der Waals surface area (Å²) in [6.07, 6.45) is 11.5. The zero-order valence-electron chi connectivity index (χ0n) is 22.1. The van der Waals surface area contributed by atoms with E-state index in [9.17, 15) is 0 Å². The minimum Gasteiger partial charge on any atom is -0.306 e. The number of nitrogens with zero attached hydrogens (tertiary/aromatic N) is 3. The number of allylic oxidation sites excluding steroid dienone is 1. The molecule has 3 aromatic rings. The normalized spacial score (nSPS) is 21.3. The van der Waals surface area contributed by atoms with Gasteiger partial charge in [0, 0.05) is 23.7 Å². The van der Waals surface area contributed by atoms with E-state index < -0.39 is 0 Å². The molecule has 0 saturated heterocycles. The largest absolute Gasteiger partial charge is 0.306 e. The molecule has 1 saturated carbocycles. The number of benzene rings is 2. The molecule has 4 rings (SSSR count). The van der Waals surface area contributed by atoms with Gasteiger partial charge >= 0.3 is 0 Å². The van der Waals surface area contributed by atoms with Crippen molar-refractivity contribution in [1.29, 1.82) is 0 Å². The molecule has 0 spiro atoms. The fraction of sp³-hybridized carbons (Fsp3) is 0.375. The number of thioether (sulfide) groups is 1. The molecular formula is C32H41N3S. The van der Waals surface area contributed by atoms with E-state index in [-0.39, 0.29) is 0 Å². The lowest BCUT2D eigenvalue weighted by Crippen LogP contribution is -2.46. The van der Waals surface area contributed by atoms with E-state index in [1.807, 2.05) is 66.6 Å². The Bertz CT molecular complexity index is 1040. The Hall–Kier alpha value is -2.69. The molecular weight excluding hydrogens is 458 g/mol. The molecule has 1 heterocycles. The number of hydrogen-bond donors (Lipinski definition) is 0. The Kier molecular flexibility index (Phi) is 11.4. The van der Waals surface area contributed by atoms with Gasteiger partial charge in [-0.1, -0.05) is 105 Å². The number of aromatic nitrogens is 2. The van der Waals surface area contributed by atoms with Crippen molar-refractivity contribution in [3.63, 3.8) is 0 Å². The second kappa shape index (κ2) is 14.8. The predicted molar refractivity (Wildman–Crippen MR) is 157 cm³/mol. The van der Waals surface area contributed by atoms with Crippen molar-refractivity contribution in [2.24, 2.45) is 11.8 Å². The number of rotatable bonds is 9. The SMILES string of the molecule is C=C(CCC1CC(Sc2ncccn2)[C@H](CC)C(N(C)C)C1)c1ccccc1.C=Cc1ccccc1. The zero-order chi connectivity index (χ0) is 25.8. The van der Waals surface area contributed by atoms with Gasteiger partial charge in [-0.3, -0.25) is 0 Å². The van der Waals surface area contributed by atoms with Crippen molar-refractivity contribution in [3.05, 3.63) is 103 Å². The quantitative estimate of drug-likeness (QED) is 0.278. The average Bonchev–Trinajstić information content (AvgIpc) is 2.93. The summed E-state index contributed by atoms with van der Waals surface area (Å²) >= 11 is 1.88. The Morgan fingerprint density at radius 2 is 1.61 bits per heavy atom. The summed E-state index contributed by atoms with van der Waals surface area (Å²) in [4.78, 5) is 11.4. The minimum atomic E-state index is 0.573. The van der Waals surface area contributed by atoms with Crippen LogP contribution in [0.1, 0.15) is 50.2 Å². The summed E-state index contributed by atoms with van der Waals surface area (Å²) in [6, 6.07) is 23.1. The molecule has 0 aliphatic heterocycles. The second-order valence-corrected chi connectivity index (χ2v) is 11.0. The fourth-order valence-corrected chi connectivity index (χ4v) is 6.56. The Balaban J connectivity index is 0.000000383. The third-order valence-corrected chi connectivity index (χ3v) is 8.38. The molecule has 4 heteroatoms. The zero-order valence-corrected chi connectivity index (χ0v) is 22.9. The van der Waals surface area contributed by atoms with Crippen LogP contribution in [-0.4, -0.2) is 40.3 Å². The predicted octanol–water partition coefficient (Wildman–Crippen LogP) is 8.13. The van der Waals surface area contributed by atoms with E-state index in [2.05, 4.69) is 79.4 Å². The third kappa shape index (κ3) is 8.46. The third-order valence-electron chi connectivity index (χ3n) is 7.12. The molecule has 0 N–H and O–H groups in total. The molecule has 3 nitrogen and oxygen atoms in total. The first-order chi connectivity index (χ1) is 17.5. The minimum absolute atomic E-state index is 0.573. The molecule has 0 radical (unpaired) electrons. The Morgan fingerprint density at radius 1 is 0.972 bits per heavy atom. The first-order valence-corrected chi connectivity index (χ1v) is 13.9. The van der Waals surface area contributed by atoms with E-state index in [0.29, 0.717) is 17.2 Å². The van der Waals surface area contributed by atoms with Gasteiger partial charge in [0.05, 0.1) is 0 Å². The summed E-state index contributed by atoms with van der Waals surface area (Å²) in [6.45, 7) is 10.3. The maximum atomic E-state index is 4.47. The lowest BCUT2D eigenvalue weighted by atomic mass is 9.74. The van der Waals surface area contributed by atoms with Crippen LogP contribution in [0.4, 0.5) is 0 Å². The van der Waals surface area contributed by atoms with Gasteiger partial charge in [0.2, 0.25) is 0 Å². The molecule has 4 atom stereocenters. The standard InChI is InChI=1S/C24H33N3S.C8H8/c1-5-21-22(27(3)4)16-19(13-12-18(2)20-10-7-6-8-11-20)17-23(21)28-24-25-14-9-15-26-24;1-2-8-6-4-3-5-7-8/h6-11,14-15,19,21-23H,2,5,12-13,16-17H2,1,3-4H3;2-7H,1H2/t19?,21-,22?,23?;/m1./s1. The van der Waals surface area contributed by atoms with Crippen LogP contribution in [0.5, 0.6) is 0 Å². The molecule has 1 aromatic heterocycles. The van der Waals surface area contributed by atoms with Crippen LogP contribution in [-0.2, 0) is 0 Å². The molecule has 3 unspecified atom stereocenters. The van der Waals surface area contributed by atoms with Gasteiger partial charge in [0.1, 0.15) is 0 Å². The van der Waals surface area contributed by atoms with E-state index in [1.165, 1.54) is 42.4 Å². The van der Waals surface area contributed by atoms with Gasteiger partial charge in [-0.05, 0) is 74.4 Å². The van der Waals surface area contributed by atoms with Crippen molar-refractivity contribution in [2.75, 3.05) is 14.1 Å². The Labute approximate surface area is 222 Å². The lowest BCUT2D eigenvalue weighted by molar-refractivity contribution is 0.119. The van der Waals surface area contributed by atoms with Gasteiger partial charge in [-0.25, -0.2) is 9.97 Å². The second-order valence-electron chi connectivity index (χ2n) is 9.75. The van der Waals surface area contributed by atoms with Gasteiger partial charge in [0.15, 0.2) is 5.16 Å². The van der Waals surface area contributed by atoms with Gasteiger partial charge in [0.25, 0.3) is 0 Å². The molecule has 2 aromatic carbocycles. The highest BCUT2D eigenvalue weighted by Crippen LogP contribution is 2.43. The first kappa shape index (κ1) is 27.9. The molecule has 0 amide bonds. The van der Waals surface area contributed by atoms with Crippen LogP contribution in [0.3, 0.4) is 0 Å². The van der Waals surface area contributed by atoms with Crippen LogP contribution in [0.25, 0.3) is 11.6 Å². The summed E-state index contributed by atoms with van der Waals surface area (Å²) in [5.74, 6) is 1.40. The van der Waals surface area contributed by atoms with E-state index in [1.54, 1.807) is 0 Å². The van der Waals surface area contributed by atoms with Gasteiger partial charge in [-0.2, -0.15) is 0 Å². The maximum absolute atomic E-state index is 4.47. The number of hydrogen-bond acceptors (Lipinski definition) is 4. The van der Waals surface area contributed by atoms with Crippen LogP contribution in [0, 0.1) is 11.8 Å². The van der Waals surface area contributed by atoms with Gasteiger partial charge in [-0.15, -0.1) is 0 Å².